The molecule has 1 aliphatic rings. The van der Waals surface area contributed by atoms with E-state index in [1.165, 1.54) is 12.0 Å². The summed E-state index contributed by atoms with van der Waals surface area (Å²) in [5.74, 6) is -0.635. The number of hydrogen-bond donors (Lipinski definition) is 1. The van der Waals surface area contributed by atoms with Crippen molar-refractivity contribution in [1.29, 1.82) is 0 Å². The second kappa shape index (κ2) is 6.76. The minimum Gasteiger partial charge on any atom is -0.465 e. The Morgan fingerprint density at radius 1 is 1.08 bits per heavy atom. The first-order valence-electron chi connectivity index (χ1n) is 7.90. The molecule has 1 aliphatic heterocycles. The molecule has 0 spiro atoms. The summed E-state index contributed by atoms with van der Waals surface area (Å²) in [7, 11) is 1.35. The molecule has 2 aromatic rings. The van der Waals surface area contributed by atoms with Crippen LogP contribution in [0.1, 0.15) is 22.3 Å². The molecule has 0 unspecified atom stereocenters. The number of nitrogens with one attached hydrogen (secondary N) is 1. The zero-order chi connectivity index (χ0) is 18.0. The van der Waals surface area contributed by atoms with Crippen LogP contribution < -0.4 is 10.2 Å². The summed E-state index contributed by atoms with van der Waals surface area (Å²) >= 11 is 0. The van der Waals surface area contributed by atoms with Gasteiger partial charge >= 0.3 is 12.0 Å². The molecular weight excluding hydrogens is 320 g/mol. The van der Waals surface area contributed by atoms with Gasteiger partial charge in [0.15, 0.2) is 0 Å². The highest BCUT2D eigenvalue weighted by atomic mass is 16.5. The van der Waals surface area contributed by atoms with Gasteiger partial charge in [-0.25, -0.2) is 9.59 Å². The summed E-state index contributed by atoms with van der Waals surface area (Å²) in [6, 6.07) is 12.5. The van der Waals surface area contributed by atoms with E-state index in [0.717, 1.165) is 22.4 Å². The van der Waals surface area contributed by atoms with Crippen molar-refractivity contribution in [1.82, 2.24) is 5.32 Å². The summed E-state index contributed by atoms with van der Waals surface area (Å²) in [6.45, 7) is 2.28. The number of esters is 1. The lowest BCUT2D eigenvalue weighted by molar-refractivity contribution is -0.120. The molecule has 128 valence electrons. The zero-order valence-corrected chi connectivity index (χ0v) is 14.0. The highest BCUT2D eigenvalue weighted by Gasteiger charge is 2.24. The van der Waals surface area contributed by atoms with Crippen LogP contribution in [0.15, 0.2) is 42.5 Å². The van der Waals surface area contributed by atoms with Crippen LogP contribution in [0.25, 0.3) is 11.1 Å². The first kappa shape index (κ1) is 16.7. The second-order valence-corrected chi connectivity index (χ2v) is 5.88. The highest BCUT2D eigenvalue weighted by Crippen LogP contribution is 2.26. The lowest BCUT2D eigenvalue weighted by atomic mass is 10.00. The number of urea groups is 1. The number of benzene rings is 2. The number of amides is 3. The van der Waals surface area contributed by atoms with Gasteiger partial charge in [0.25, 0.3) is 0 Å². The molecule has 0 saturated carbocycles. The maximum atomic E-state index is 11.9. The first-order chi connectivity index (χ1) is 12.0. The molecule has 1 fully saturated rings. The van der Waals surface area contributed by atoms with Gasteiger partial charge in [-0.1, -0.05) is 18.2 Å². The van der Waals surface area contributed by atoms with Crippen molar-refractivity contribution in [3.05, 3.63) is 53.6 Å². The molecule has 6 nitrogen and oxygen atoms in total. The molecule has 1 saturated heterocycles. The average molecular weight is 338 g/mol. The number of nitrogens with zero attached hydrogens (tertiary/aromatic N) is 1. The molecule has 0 radical (unpaired) electrons. The van der Waals surface area contributed by atoms with Crippen LogP contribution in [0.5, 0.6) is 0 Å². The van der Waals surface area contributed by atoms with E-state index in [0.29, 0.717) is 12.1 Å². The fraction of sp³-hybridized carbons (Fsp3) is 0.211. The number of methoxy groups -OCH3 is 1. The summed E-state index contributed by atoms with van der Waals surface area (Å²) in [6.07, 6.45) is 0.286. The lowest BCUT2D eigenvalue weighted by Crippen LogP contribution is -2.49. The third-order valence-corrected chi connectivity index (χ3v) is 4.06. The van der Waals surface area contributed by atoms with Gasteiger partial charge in [0.05, 0.1) is 12.7 Å². The van der Waals surface area contributed by atoms with E-state index in [1.807, 2.05) is 37.3 Å². The monoisotopic (exact) mass is 338 g/mol. The van der Waals surface area contributed by atoms with Crippen LogP contribution in [0, 0.1) is 6.92 Å². The van der Waals surface area contributed by atoms with Crippen molar-refractivity contribution in [2.24, 2.45) is 0 Å². The van der Waals surface area contributed by atoms with Gasteiger partial charge in [0.2, 0.25) is 5.91 Å². The van der Waals surface area contributed by atoms with Crippen LogP contribution in [-0.4, -0.2) is 31.6 Å². The number of carbonyl (C=O) groups is 3. The Morgan fingerprint density at radius 3 is 2.44 bits per heavy atom. The summed E-state index contributed by atoms with van der Waals surface area (Å²) in [4.78, 5) is 36.4. The molecule has 0 bridgehead atoms. The topological polar surface area (TPSA) is 75.7 Å². The predicted molar refractivity (Wildman–Crippen MR) is 93.5 cm³/mol. The van der Waals surface area contributed by atoms with Crippen LogP contribution in [-0.2, 0) is 9.53 Å². The summed E-state index contributed by atoms with van der Waals surface area (Å²) < 4.78 is 4.78. The maximum absolute atomic E-state index is 11.9. The Hall–Kier alpha value is -3.15. The van der Waals surface area contributed by atoms with E-state index in [9.17, 15) is 14.4 Å². The van der Waals surface area contributed by atoms with Crippen molar-refractivity contribution >= 4 is 23.6 Å². The number of rotatable bonds is 3. The van der Waals surface area contributed by atoms with Crippen molar-refractivity contribution in [2.45, 2.75) is 13.3 Å². The summed E-state index contributed by atoms with van der Waals surface area (Å²) in [5.41, 5.74) is 3.98. The average Bonchev–Trinajstić information content (AvgIpc) is 2.60. The standard InChI is InChI=1S/C19H18N2O4/c1-12-9-14(11-15(10-12)18(23)25-2)13-3-5-16(6-4-13)21-8-7-17(22)20-19(21)24/h3-6,9-11H,7-8H2,1-2H3,(H,20,22,24). The highest BCUT2D eigenvalue weighted by molar-refractivity contribution is 6.05. The Balaban J connectivity index is 1.88. The molecule has 0 aromatic heterocycles. The molecule has 3 rings (SSSR count). The Bertz CT molecular complexity index is 843. The second-order valence-electron chi connectivity index (χ2n) is 5.88. The molecule has 1 N–H and O–H groups in total. The zero-order valence-electron chi connectivity index (χ0n) is 14.0. The minimum atomic E-state index is -0.410. The third-order valence-electron chi connectivity index (χ3n) is 4.06. The Morgan fingerprint density at radius 2 is 1.80 bits per heavy atom. The quantitative estimate of drug-likeness (QED) is 0.873. The van der Waals surface area contributed by atoms with Crippen LogP contribution in [0.3, 0.4) is 0 Å². The third kappa shape index (κ3) is 3.52. The van der Waals surface area contributed by atoms with Gasteiger partial charge in [-0.3, -0.25) is 15.0 Å². The normalized spacial score (nSPS) is 14.2. The number of aryl methyl sites for hydroxylation is 1. The van der Waals surface area contributed by atoms with Gasteiger partial charge in [-0.05, 0) is 47.9 Å². The van der Waals surface area contributed by atoms with Crippen LogP contribution in [0.2, 0.25) is 0 Å². The number of imide groups is 1. The van der Waals surface area contributed by atoms with Crippen molar-refractivity contribution in [3.8, 4) is 11.1 Å². The molecule has 0 atom stereocenters. The van der Waals surface area contributed by atoms with E-state index >= 15 is 0 Å². The van der Waals surface area contributed by atoms with Crippen LogP contribution in [0.4, 0.5) is 10.5 Å². The van der Waals surface area contributed by atoms with Crippen LogP contribution >= 0.6 is 0 Å². The predicted octanol–water partition coefficient (Wildman–Crippen LogP) is 2.89. The fourth-order valence-electron chi connectivity index (χ4n) is 2.83. The molecule has 25 heavy (non-hydrogen) atoms. The molecule has 3 amide bonds. The fourth-order valence-corrected chi connectivity index (χ4v) is 2.83. The molecule has 6 heteroatoms. The SMILES string of the molecule is COC(=O)c1cc(C)cc(-c2ccc(N3CCC(=O)NC3=O)cc2)c1. The smallest absolute Gasteiger partial charge is 0.337 e. The van der Waals surface area contributed by atoms with Gasteiger partial charge in [-0.2, -0.15) is 0 Å². The number of anilines is 1. The number of hydrogen-bond acceptors (Lipinski definition) is 4. The van der Waals surface area contributed by atoms with E-state index < -0.39 is 6.03 Å². The number of ether oxygens (including phenoxy) is 1. The molecule has 1 heterocycles. The Labute approximate surface area is 145 Å². The summed E-state index contributed by atoms with van der Waals surface area (Å²) in [5, 5.41) is 2.30. The van der Waals surface area contributed by atoms with Gasteiger partial charge in [0, 0.05) is 18.7 Å². The van der Waals surface area contributed by atoms with Gasteiger partial charge in [-0.15, -0.1) is 0 Å². The molecule has 2 aromatic carbocycles. The largest absolute Gasteiger partial charge is 0.465 e. The minimum absolute atomic E-state index is 0.257. The van der Waals surface area contributed by atoms with E-state index in [-0.39, 0.29) is 18.3 Å². The van der Waals surface area contributed by atoms with E-state index in [1.54, 1.807) is 12.1 Å². The van der Waals surface area contributed by atoms with E-state index in [4.69, 9.17) is 4.74 Å². The number of carbonyl (C=O) groups excluding carboxylic acids is 3. The molecular formula is C19H18N2O4. The van der Waals surface area contributed by atoms with Crippen molar-refractivity contribution in [3.63, 3.8) is 0 Å². The van der Waals surface area contributed by atoms with Gasteiger partial charge < -0.3 is 4.74 Å². The first-order valence-corrected chi connectivity index (χ1v) is 7.90. The van der Waals surface area contributed by atoms with Crippen molar-refractivity contribution < 1.29 is 19.1 Å². The molecule has 0 aliphatic carbocycles. The van der Waals surface area contributed by atoms with Crippen molar-refractivity contribution in [2.75, 3.05) is 18.6 Å². The lowest BCUT2D eigenvalue weighted by Gasteiger charge is -2.26. The maximum Gasteiger partial charge on any atom is 0.337 e. The van der Waals surface area contributed by atoms with Gasteiger partial charge in [0.1, 0.15) is 0 Å². The van der Waals surface area contributed by atoms with E-state index in [2.05, 4.69) is 5.32 Å². The Kier molecular flexibility index (Phi) is 4.52.